The molecule has 0 atom stereocenters. The van der Waals surface area contributed by atoms with E-state index in [2.05, 4.69) is 4.74 Å². The number of carbonyl (C=O) groups is 1. The molecule has 1 aromatic rings. The molecule has 0 unspecified atom stereocenters. The second-order valence-electron chi connectivity index (χ2n) is 4.68. The average Bonchev–Trinajstić information content (AvgIpc) is 2.54. The molecular weight excluding hydrogens is 297 g/mol. The lowest BCUT2D eigenvalue weighted by molar-refractivity contribution is -0.384. The molecule has 0 aliphatic carbocycles. The number of nitro benzene ring substituents is 1. The monoisotopic (exact) mass is 313 g/mol. The standard InChI is InChI=1S/C13H16FN3O5/c1-21-12-8-10(11(17(19)20)7-9(12)14)15-3-5-16(6-4-15)13(18)22-2/h7-8H,3-6H2,1-2H3. The van der Waals surface area contributed by atoms with Crippen LogP contribution in [-0.2, 0) is 4.74 Å². The molecule has 0 saturated carbocycles. The van der Waals surface area contributed by atoms with Crippen LogP contribution in [0.15, 0.2) is 12.1 Å². The van der Waals surface area contributed by atoms with Crippen LogP contribution >= 0.6 is 0 Å². The first-order valence-corrected chi connectivity index (χ1v) is 6.57. The van der Waals surface area contributed by atoms with Crippen LogP contribution in [0, 0.1) is 15.9 Å². The molecule has 2 rings (SSSR count). The molecule has 1 aromatic carbocycles. The van der Waals surface area contributed by atoms with Crippen molar-refractivity contribution in [3.8, 4) is 5.75 Å². The van der Waals surface area contributed by atoms with E-state index in [1.807, 2.05) is 0 Å². The van der Waals surface area contributed by atoms with E-state index in [9.17, 15) is 19.3 Å². The predicted octanol–water partition coefficient (Wildman–Crippen LogP) is 1.63. The summed E-state index contributed by atoms with van der Waals surface area (Å²) in [6.45, 7) is 1.49. The van der Waals surface area contributed by atoms with Crippen molar-refractivity contribution in [3.63, 3.8) is 0 Å². The molecular formula is C13H16FN3O5. The molecule has 0 radical (unpaired) electrons. The molecule has 1 heterocycles. The van der Waals surface area contributed by atoms with Gasteiger partial charge in [0.25, 0.3) is 5.69 Å². The third-order valence-corrected chi connectivity index (χ3v) is 3.50. The van der Waals surface area contributed by atoms with Crippen LogP contribution in [-0.4, -0.2) is 56.3 Å². The van der Waals surface area contributed by atoms with Crippen LogP contribution in [0.5, 0.6) is 5.75 Å². The maximum absolute atomic E-state index is 13.7. The zero-order valence-corrected chi connectivity index (χ0v) is 12.2. The van der Waals surface area contributed by atoms with Crippen molar-refractivity contribution in [3.05, 3.63) is 28.1 Å². The maximum atomic E-state index is 13.7. The number of hydrogen-bond donors (Lipinski definition) is 0. The second kappa shape index (κ2) is 6.46. The summed E-state index contributed by atoms with van der Waals surface area (Å²) in [4.78, 5) is 25.2. The molecule has 120 valence electrons. The Labute approximate surface area is 126 Å². The normalized spacial score (nSPS) is 14.7. The zero-order valence-electron chi connectivity index (χ0n) is 12.2. The third kappa shape index (κ3) is 3.02. The van der Waals surface area contributed by atoms with Crippen LogP contribution in [0.1, 0.15) is 0 Å². The fourth-order valence-electron chi connectivity index (χ4n) is 2.35. The van der Waals surface area contributed by atoms with Crippen molar-refractivity contribution < 1.29 is 23.6 Å². The molecule has 1 aliphatic rings. The Morgan fingerprint density at radius 3 is 2.41 bits per heavy atom. The number of methoxy groups -OCH3 is 2. The van der Waals surface area contributed by atoms with E-state index in [0.717, 1.165) is 6.07 Å². The van der Waals surface area contributed by atoms with E-state index < -0.39 is 16.8 Å². The fourth-order valence-corrected chi connectivity index (χ4v) is 2.35. The van der Waals surface area contributed by atoms with Crippen molar-refractivity contribution in [2.75, 3.05) is 45.3 Å². The summed E-state index contributed by atoms with van der Waals surface area (Å²) in [6.07, 6.45) is -0.439. The second-order valence-corrected chi connectivity index (χ2v) is 4.68. The first kappa shape index (κ1) is 15.8. The van der Waals surface area contributed by atoms with Gasteiger partial charge in [-0.1, -0.05) is 0 Å². The Bertz CT molecular complexity index is 587. The summed E-state index contributed by atoms with van der Waals surface area (Å²) in [5.74, 6) is -0.845. The highest BCUT2D eigenvalue weighted by Crippen LogP contribution is 2.35. The van der Waals surface area contributed by atoms with E-state index in [1.54, 1.807) is 4.90 Å². The molecule has 1 amide bonds. The number of halogens is 1. The largest absolute Gasteiger partial charge is 0.494 e. The van der Waals surface area contributed by atoms with E-state index in [0.29, 0.717) is 26.2 Å². The highest BCUT2D eigenvalue weighted by molar-refractivity contribution is 5.69. The van der Waals surface area contributed by atoms with Gasteiger partial charge in [-0.25, -0.2) is 9.18 Å². The van der Waals surface area contributed by atoms with Gasteiger partial charge in [0.1, 0.15) is 5.69 Å². The molecule has 0 aromatic heterocycles. The molecule has 0 N–H and O–H groups in total. The van der Waals surface area contributed by atoms with E-state index in [-0.39, 0.29) is 17.1 Å². The minimum absolute atomic E-state index is 0.0593. The van der Waals surface area contributed by atoms with E-state index in [1.165, 1.54) is 25.2 Å². The number of carbonyl (C=O) groups excluding carboxylic acids is 1. The summed E-state index contributed by atoms with van der Waals surface area (Å²) in [5, 5.41) is 11.1. The molecule has 22 heavy (non-hydrogen) atoms. The van der Waals surface area contributed by atoms with Gasteiger partial charge >= 0.3 is 6.09 Å². The number of piperazine rings is 1. The number of anilines is 1. The zero-order chi connectivity index (χ0) is 16.3. The maximum Gasteiger partial charge on any atom is 0.409 e. The van der Waals surface area contributed by atoms with E-state index in [4.69, 9.17) is 4.74 Å². The van der Waals surface area contributed by atoms with Crippen molar-refractivity contribution in [1.82, 2.24) is 4.90 Å². The predicted molar refractivity (Wildman–Crippen MR) is 75.8 cm³/mol. The average molecular weight is 313 g/mol. The number of nitro groups is 1. The van der Waals surface area contributed by atoms with Crippen LogP contribution in [0.25, 0.3) is 0 Å². The van der Waals surface area contributed by atoms with Gasteiger partial charge in [0.15, 0.2) is 11.6 Å². The molecule has 1 saturated heterocycles. The summed E-state index contributed by atoms with van der Waals surface area (Å²) < 4.78 is 23.2. The van der Waals surface area contributed by atoms with Gasteiger partial charge in [0.05, 0.1) is 25.2 Å². The van der Waals surface area contributed by atoms with Gasteiger partial charge in [0, 0.05) is 32.2 Å². The Morgan fingerprint density at radius 2 is 1.91 bits per heavy atom. The SMILES string of the molecule is COC(=O)N1CCN(c2cc(OC)c(F)cc2[N+](=O)[O-])CC1. The Kier molecular flexibility index (Phi) is 4.64. The number of hydrogen-bond acceptors (Lipinski definition) is 6. The van der Waals surface area contributed by atoms with Gasteiger partial charge in [-0.2, -0.15) is 0 Å². The summed E-state index contributed by atoms with van der Waals surface area (Å²) in [7, 11) is 2.59. The topological polar surface area (TPSA) is 85.2 Å². The molecule has 1 aliphatic heterocycles. The number of benzene rings is 1. The Hall–Kier alpha value is -2.58. The summed E-state index contributed by atoms with van der Waals surface area (Å²) in [5.41, 5.74) is -0.0578. The lowest BCUT2D eigenvalue weighted by Crippen LogP contribution is -2.48. The van der Waals surface area contributed by atoms with Crippen LogP contribution in [0.4, 0.5) is 20.6 Å². The minimum atomic E-state index is -0.786. The molecule has 0 spiro atoms. The van der Waals surface area contributed by atoms with Gasteiger partial charge in [-0.15, -0.1) is 0 Å². The van der Waals surface area contributed by atoms with Gasteiger partial charge < -0.3 is 19.3 Å². The molecule has 9 heteroatoms. The number of nitrogens with zero attached hydrogens (tertiary/aromatic N) is 3. The lowest BCUT2D eigenvalue weighted by atomic mass is 10.2. The van der Waals surface area contributed by atoms with Gasteiger partial charge in [0.2, 0.25) is 0 Å². The van der Waals surface area contributed by atoms with Gasteiger partial charge in [-0.05, 0) is 0 Å². The van der Waals surface area contributed by atoms with Crippen LogP contribution in [0.2, 0.25) is 0 Å². The number of ether oxygens (including phenoxy) is 2. The first-order valence-electron chi connectivity index (χ1n) is 6.57. The Balaban J connectivity index is 2.25. The smallest absolute Gasteiger partial charge is 0.409 e. The van der Waals surface area contributed by atoms with Gasteiger partial charge in [-0.3, -0.25) is 10.1 Å². The first-order chi connectivity index (χ1) is 10.5. The minimum Gasteiger partial charge on any atom is -0.494 e. The fraction of sp³-hybridized carbons (Fsp3) is 0.462. The quantitative estimate of drug-likeness (QED) is 0.623. The molecule has 0 bridgehead atoms. The van der Waals surface area contributed by atoms with Crippen molar-refractivity contribution in [1.29, 1.82) is 0 Å². The lowest BCUT2D eigenvalue weighted by Gasteiger charge is -2.35. The Morgan fingerprint density at radius 1 is 1.27 bits per heavy atom. The molecule has 8 nitrogen and oxygen atoms in total. The van der Waals surface area contributed by atoms with Crippen LogP contribution < -0.4 is 9.64 Å². The van der Waals surface area contributed by atoms with Crippen LogP contribution in [0.3, 0.4) is 0 Å². The van der Waals surface area contributed by atoms with Crippen molar-refractivity contribution in [2.45, 2.75) is 0 Å². The van der Waals surface area contributed by atoms with Crippen molar-refractivity contribution in [2.24, 2.45) is 0 Å². The molecule has 1 fully saturated rings. The summed E-state index contributed by atoms with van der Waals surface area (Å²) >= 11 is 0. The van der Waals surface area contributed by atoms with E-state index >= 15 is 0 Å². The highest BCUT2D eigenvalue weighted by Gasteiger charge is 2.28. The highest BCUT2D eigenvalue weighted by atomic mass is 19.1. The number of amides is 1. The number of rotatable bonds is 3. The van der Waals surface area contributed by atoms with Crippen molar-refractivity contribution >= 4 is 17.5 Å². The third-order valence-electron chi connectivity index (χ3n) is 3.50. The summed E-state index contributed by atoms with van der Waals surface area (Å²) in [6, 6.07) is 2.15.